The van der Waals surface area contributed by atoms with Gasteiger partial charge in [0.2, 0.25) is 16.0 Å². The molecule has 9 heteroatoms. The zero-order chi connectivity index (χ0) is 20.3. The Kier molecular flexibility index (Phi) is 5.83. The van der Waals surface area contributed by atoms with Crippen LogP contribution in [0.15, 0.2) is 53.4 Å². The van der Waals surface area contributed by atoms with Crippen molar-refractivity contribution >= 4 is 33.4 Å². The molecule has 146 valence electrons. The maximum absolute atomic E-state index is 11.5. The Hall–Kier alpha value is -2.68. The van der Waals surface area contributed by atoms with Crippen molar-refractivity contribution in [3.63, 3.8) is 0 Å². The highest BCUT2D eigenvalue weighted by atomic mass is 35.5. The fraction of sp³-hybridized carbons (Fsp3) is 0.158. The van der Waals surface area contributed by atoms with Crippen LogP contribution >= 0.6 is 11.6 Å². The van der Waals surface area contributed by atoms with E-state index in [-0.39, 0.29) is 10.8 Å². The number of nitrogens with zero attached hydrogens (tertiary/aromatic N) is 2. The molecule has 0 amide bonds. The molecule has 1 aromatic heterocycles. The van der Waals surface area contributed by atoms with Crippen LogP contribution in [0.25, 0.3) is 11.3 Å². The monoisotopic (exact) mass is 417 g/mol. The van der Waals surface area contributed by atoms with Crippen molar-refractivity contribution < 1.29 is 8.42 Å². The van der Waals surface area contributed by atoms with E-state index in [2.05, 4.69) is 15.3 Å². The number of rotatable bonds is 6. The largest absolute Gasteiger partial charge is 0.370 e. The average molecular weight is 418 g/mol. The molecular formula is C19H20ClN5O2S. The summed E-state index contributed by atoms with van der Waals surface area (Å²) >= 11 is 6.20. The summed E-state index contributed by atoms with van der Waals surface area (Å²) in [5, 5.41) is 9.02. The van der Waals surface area contributed by atoms with Crippen molar-refractivity contribution in [3.8, 4) is 11.3 Å². The quantitative estimate of drug-likeness (QED) is 0.566. The lowest BCUT2D eigenvalue weighted by Crippen LogP contribution is -2.13. The molecule has 3 aromatic rings. The summed E-state index contributed by atoms with van der Waals surface area (Å²) in [6.45, 7) is 2.44. The summed E-state index contributed by atoms with van der Waals surface area (Å²) in [4.78, 5) is 8.60. The van der Waals surface area contributed by atoms with Gasteiger partial charge in [-0.3, -0.25) is 0 Å². The van der Waals surface area contributed by atoms with Gasteiger partial charge in [-0.2, -0.15) is 4.98 Å². The van der Waals surface area contributed by atoms with Crippen molar-refractivity contribution in [3.05, 3.63) is 64.7 Å². The van der Waals surface area contributed by atoms with E-state index >= 15 is 0 Å². The summed E-state index contributed by atoms with van der Waals surface area (Å²) in [5.41, 5.74) is 9.16. The van der Waals surface area contributed by atoms with Crippen molar-refractivity contribution in [2.24, 2.45) is 5.14 Å². The van der Waals surface area contributed by atoms with E-state index in [9.17, 15) is 8.42 Å². The minimum Gasteiger partial charge on any atom is -0.370 e. The number of sulfonamides is 1. The predicted octanol–water partition coefficient (Wildman–Crippen LogP) is 2.99. The second kappa shape index (κ2) is 8.14. The van der Waals surface area contributed by atoms with E-state index in [4.69, 9.17) is 22.5 Å². The summed E-state index contributed by atoms with van der Waals surface area (Å²) in [6, 6.07) is 13.9. The standard InChI is InChI=1S/C19H20ClN5O2S/c1-12-15(6-3-7-16(12)20)17-11-18(25-19(21)24-17)23-9-8-13-4-2-5-14(10-13)28(22,26)27/h2-7,10-11H,8-9H2,1H3,(H2,22,26,27)(H3,21,23,24,25). The molecule has 2 aromatic carbocycles. The summed E-state index contributed by atoms with van der Waals surface area (Å²) < 4.78 is 22.9. The van der Waals surface area contributed by atoms with Crippen molar-refractivity contribution in [1.29, 1.82) is 0 Å². The van der Waals surface area contributed by atoms with E-state index in [0.717, 1.165) is 16.7 Å². The molecule has 1 heterocycles. The molecule has 5 N–H and O–H groups in total. The van der Waals surface area contributed by atoms with Gasteiger partial charge in [-0.15, -0.1) is 0 Å². The molecule has 0 aliphatic rings. The Labute approximate surface area is 168 Å². The van der Waals surface area contributed by atoms with Crippen LogP contribution in [0.1, 0.15) is 11.1 Å². The lowest BCUT2D eigenvalue weighted by atomic mass is 10.1. The Morgan fingerprint density at radius 3 is 2.61 bits per heavy atom. The number of nitrogens with one attached hydrogen (secondary N) is 1. The van der Waals surface area contributed by atoms with Gasteiger partial charge in [-0.1, -0.05) is 35.9 Å². The number of hydrogen-bond acceptors (Lipinski definition) is 6. The van der Waals surface area contributed by atoms with Gasteiger partial charge in [0.15, 0.2) is 0 Å². The third-order valence-corrected chi connectivity index (χ3v) is 5.55. The Morgan fingerprint density at radius 1 is 1.11 bits per heavy atom. The zero-order valence-corrected chi connectivity index (χ0v) is 16.8. The fourth-order valence-electron chi connectivity index (χ4n) is 2.79. The first-order chi connectivity index (χ1) is 13.2. The first-order valence-electron chi connectivity index (χ1n) is 8.50. The molecule has 0 aliphatic heterocycles. The van der Waals surface area contributed by atoms with Crippen molar-refractivity contribution in [2.75, 3.05) is 17.6 Å². The van der Waals surface area contributed by atoms with Gasteiger partial charge >= 0.3 is 0 Å². The molecule has 0 unspecified atom stereocenters. The maximum atomic E-state index is 11.5. The highest BCUT2D eigenvalue weighted by molar-refractivity contribution is 7.89. The minimum absolute atomic E-state index is 0.0926. The van der Waals surface area contributed by atoms with Gasteiger partial charge in [0.25, 0.3) is 0 Å². The van der Waals surface area contributed by atoms with Crippen molar-refractivity contribution in [2.45, 2.75) is 18.2 Å². The molecule has 0 saturated heterocycles. The van der Waals surface area contributed by atoms with Gasteiger partial charge in [-0.25, -0.2) is 18.5 Å². The summed E-state index contributed by atoms with van der Waals surface area (Å²) in [7, 11) is -3.72. The lowest BCUT2D eigenvalue weighted by molar-refractivity contribution is 0.597. The summed E-state index contributed by atoms with van der Waals surface area (Å²) in [6.07, 6.45) is 0.582. The molecule has 0 spiro atoms. The number of primary sulfonamides is 1. The van der Waals surface area contributed by atoms with Crippen LogP contribution in [0.2, 0.25) is 5.02 Å². The van der Waals surface area contributed by atoms with Crippen LogP contribution in [-0.4, -0.2) is 24.9 Å². The van der Waals surface area contributed by atoms with Gasteiger partial charge in [0, 0.05) is 23.2 Å². The van der Waals surface area contributed by atoms with E-state index in [1.54, 1.807) is 18.2 Å². The van der Waals surface area contributed by atoms with Gasteiger partial charge in [-0.05, 0) is 42.7 Å². The van der Waals surface area contributed by atoms with Crippen LogP contribution in [0, 0.1) is 6.92 Å². The average Bonchev–Trinajstić information content (AvgIpc) is 2.63. The molecule has 0 fully saturated rings. The second-order valence-electron chi connectivity index (χ2n) is 6.28. The number of nitrogen functional groups attached to an aromatic ring is 1. The zero-order valence-electron chi connectivity index (χ0n) is 15.2. The first-order valence-corrected chi connectivity index (χ1v) is 10.4. The molecule has 7 nitrogen and oxygen atoms in total. The maximum Gasteiger partial charge on any atom is 0.238 e. The van der Waals surface area contributed by atoms with E-state index in [1.807, 2.05) is 31.2 Å². The third-order valence-electron chi connectivity index (χ3n) is 4.23. The van der Waals surface area contributed by atoms with Crippen molar-refractivity contribution in [1.82, 2.24) is 9.97 Å². The number of aromatic nitrogens is 2. The SMILES string of the molecule is Cc1c(Cl)cccc1-c1cc(NCCc2cccc(S(N)(=O)=O)c2)nc(N)n1. The molecular weight excluding hydrogens is 398 g/mol. The van der Waals surface area contributed by atoms with Crippen LogP contribution < -0.4 is 16.2 Å². The van der Waals surface area contributed by atoms with Gasteiger partial charge in [0.1, 0.15) is 5.82 Å². The van der Waals surface area contributed by atoms with Crippen LogP contribution in [0.5, 0.6) is 0 Å². The van der Waals surface area contributed by atoms with Gasteiger partial charge in [0.05, 0.1) is 10.6 Å². The molecule has 0 aliphatic carbocycles. The number of benzene rings is 2. The smallest absolute Gasteiger partial charge is 0.238 e. The molecule has 0 atom stereocenters. The molecule has 0 bridgehead atoms. The molecule has 0 radical (unpaired) electrons. The number of nitrogens with two attached hydrogens (primary N) is 2. The molecule has 28 heavy (non-hydrogen) atoms. The van der Waals surface area contributed by atoms with Crippen LogP contribution in [0.4, 0.5) is 11.8 Å². The Balaban J connectivity index is 1.75. The third kappa shape index (κ3) is 4.78. The highest BCUT2D eigenvalue weighted by Crippen LogP contribution is 2.28. The molecule has 3 rings (SSSR count). The highest BCUT2D eigenvalue weighted by Gasteiger charge is 2.10. The van der Waals surface area contributed by atoms with E-state index < -0.39 is 10.0 Å². The first kappa shape index (κ1) is 20.1. The number of halogens is 1. The van der Waals surface area contributed by atoms with Crippen LogP contribution in [-0.2, 0) is 16.4 Å². The Bertz CT molecular complexity index is 1120. The summed E-state index contributed by atoms with van der Waals surface area (Å²) in [5.74, 6) is 0.722. The number of anilines is 2. The number of hydrogen-bond donors (Lipinski definition) is 3. The lowest BCUT2D eigenvalue weighted by Gasteiger charge is -2.11. The fourth-order valence-corrected chi connectivity index (χ4v) is 3.55. The van der Waals surface area contributed by atoms with Gasteiger partial charge < -0.3 is 11.1 Å². The van der Waals surface area contributed by atoms with E-state index in [0.29, 0.717) is 29.5 Å². The topological polar surface area (TPSA) is 124 Å². The normalized spacial score (nSPS) is 11.4. The Morgan fingerprint density at radius 2 is 1.86 bits per heavy atom. The van der Waals surface area contributed by atoms with Crippen LogP contribution in [0.3, 0.4) is 0 Å². The minimum atomic E-state index is -3.72. The molecule has 0 saturated carbocycles. The predicted molar refractivity (Wildman–Crippen MR) is 112 cm³/mol. The second-order valence-corrected chi connectivity index (χ2v) is 8.25. The van der Waals surface area contributed by atoms with E-state index in [1.165, 1.54) is 6.07 Å².